The molecule has 2 aliphatic rings. The van der Waals surface area contributed by atoms with Gasteiger partial charge in [-0.1, -0.05) is 6.07 Å². The quantitative estimate of drug-likeness (QED) is 0.895. The third kappa shape index (κ3) is 3.22. The van der Waals surface area contributed by atoms with Crippen molar-refractivity contribution in [2.24, 2.45) is 11.3 Å². The molecule has 4 rings (SSSR count). The zero-order valence-electron chi connectivity index (χ0n) is 14.1. The molecular weight excluding hydrogens is 316 g/mol. The molecule has 0 unspecified atom stereocenters. The number of carbonyl (C=O) groups is 1. The molecule has 6 heteroatoms. The minimum atomic E-state index is -0.343. The van der Waals surface area contributed by atoms with Crippen molar-refractivity contribution < 1.29 is 9.53 Å². The fourth-order valence-electron chi connectivity index (χ4n) is 3.94. The summed E-state index contributed by atoms with van der Waals surface area (Å²) >= 11 is 0. The number of pyridine rings is 2. The van der Waals surface area contributed by atoms with Crippen LogP contribution >= 0.6 is 0 Å². The average Bonchev–Trinajstić information content (AvgIpc) is 3.20. The molecule has 2 atom stereocenters. The molecule has 6 nitrogen and oxygen atoms in total. The molecule has 1 spiro atoms. The molecule has 0 radical (unpaired) electrons. The van der Waals surface area contributed by atoms with Crippen molar-refractivity contribution in [3.05, 3.63) is 54.6 Å². The molecule has 0 bridgehead atoms. The first-order chi connectivity index (χ1) is 12.3. The van der Waals surface area contributed by atoms with Crippen LogP contribution in [-0.2, 0) is 11.3 Å². The molecule has 2 saturated heterocycles. The predicted molar refractivity (Wildman–Crippen MR) is 92.8 cm³/mol. The Morgan fingerprint density at radius 1 is 1.24 bits per heavy atom. The van der Waals surface area contributed by atoms with Crippen LogP contribution in [0.1, 0.15) is 12.0 Å². The van der Waals surface area contributed by atoms with Crippen LogP contribution in [0.3, 0.4) is 0 Å². The minimum Gasteiger partial charge on any atom is -0.492 e. The van der Waals surface area contributed by atoms with Gasteiger partial charge in [-0.05, 0) is 36.7 Å². The van der Waals surface area contributed by atoms with Gasteiger partial charge in [0.1, 0.15) is 5.75 Å². The van der Waals surface area contributed by atoms with E-state index in [0.29, 0.717) is 13.2 Å². The summed E-state index contributed by atoms with van der Waals surface area (Å²) in [6.07, 6.45) is 7.98. The number of ether oxygens (including phenoxy) is 1. The molecule has 2 fully saturated rings. The van der Waals surface area contributed by atoms with E-state index in [0.717, 1.165) is 31.8 Å². The normalized spacial score (nSPS) is 26.1. The predicted octanol–water partition coefficient (Wildman–Crippen LogP) is 1.49. The van der Waals surface area contributed by atoms with E-state index in [9.17, 15) is 4.79 Å². The second kappa shape index (κ2) is 6.80. The van der Waals surface area contributed by atoms with Gasteiger partial charge in [-0.2, -0.15) is 0 Å². The van der Waals surface area contributed by atoms with Crippen LogP contribution in [0.2, 0.25) is 0 Å². The molecule has 0 saturated carbocycles. The largest absolute Gasteiger partial charge is 0.492 e. The van der Waals surface area contributed by atoms with Gasteiger partial charge in [-0.25, -0.2) is 0 Å². The Morgan fingerprint density at radius 2 is 2.08 bits per heavy atom. The molecular formula is C19H22N4O2. The average molecular weight is 338 g/mol. The summed E-state index contributed by atoms with van der Waals surface area (Å²) in [5.41, 5.74) is 0.839. The van der Waals surface area contributed by atoms with Crippen molar-refractivity contribution in [3.63, 3.8) is 0 Å². The standard InChI is InChI=1S/C19H22N4O2/c24-18-19(5-8-23(14-19)12-15-3-1-6-20-9-15)16(10-22-18)13-25-17-4-2-7-21-11-17/h1-4,6-7,9,11,16H,5,8,10,12-14H2,(H,22,24)/t16-,19-/m0/s1. The molecule has 1 amide bonds. The Kier molecular flexibility index (Phi) is 4.36. The van der Waals surface area contributed by atoms with Crippen LogP contribution in [0.25, 0.3) is 0 Å². The van der Waals surface area contributed by atoms with E-state index in [-0.39, 0.29) is 17.2 Å². The zero-order valence-corrected chi connectivity index (χ0v) is 14.1. The monoisotopic (exact) mass is 338 g/mol. The van der Waals surface area contributed by atoms with Gasteiger partial charge in [0.25, 0.3) is 0 Å². The van der Waals surface area contributed by atoms with E-state index in [2.05, 4.69) is 26.3 Å². The van der Waals surface area contributed by atoms with Gasteiger partial charge in [0.05, 0.1) is 18.2 Å². The third-order valence-electron chi connectivity index (χ3n) is 5.34. The SMILES string of the molecule is O=C1NC[C@@H](COc2cccnc2)[C@@]12CCN(Cc1cccnc1)C2. The highest BCUT2D eigenvalue weighted by atomic mass is 16.5. The van der Waals surface area contributed by atoms with E-state index >= 15 is 0 Å². The van der Waals surface area contributed by atoms with E-state index in [1.807, 2.05) is 24.4 Å². The van der Waals surface area contributed by atoms with Gasteiger partial charge in [0, 0.05) is 44.1 Å². The lowest BCUT2D eigenvalue weighted by atomic mass is 9.77. The summed E-state index contributed by atoms with van der Waals surface area (Å²) in [5, 5.41) is 3.05. The number of amides is 1. The summed E-state index contributed by atoms with van der Waals surface area (Å²) in [6.45, 7) is 3.74. The molecule has 25 heavy (non-hydrogen) atoms. The number of rotatable bonds is 5. The van der Waals surface area contributed by atoms with E-state index < -0.39 is 0 Å². The van der Waals surface area contributed by atoms with Crippen molar-refractivity contribution in [1.82, 2.24) is 20.2 Å². The first-order valence-electron chi connectivity index (χ1n) is 8.69. The minimum absolute atomic E-state index is 0.168. The summed E-state index contributed by atoms with van der Waals surface area (Å²) in [7, 11) is 0. The van der Waals surface area contributed by atoms with Crippen molar-refractivity contribution in [2.45, 2.75) is 13.0 Å². The van der Waals surface area contributed by atoms with Gasteiger partial charge in [0.2, 0.25) is 5.91 Å². The number of likely N-dealkylation sites (tertiary alicyclic amines) is 1. The van der Waals surface area contributed by atoms with Gasteiger partial charge in [-0.3, -0.25) is 19.7 Å². The van der Waals surface area contributed by atoms with E-state index in [4.69, 9.17) is 4.74 Å². The van der Waals surface area contributed by atoms with Crippen molar-refractivity contribution in [3.8, 4) is 5.75 Å². The number of hydrogen-bond acceptors (Lipinski definition) is 5. The second-order valence-corrected chi connectivity index (χ2v) is 6.88. The zero-order chi connectivity index (χ0) is 17.1. The molecule has 2 aliphatic heterocycles. The lowest BCUT2D eigenvalue weighted by Crippen LogP contribution is -2.40. The number of nitrogens with one attached hydrogen (secondary N) is 1. The van der Waals surface area contributed by atoms with Crippen LogP contribution in [0.4, 0.5) is 0 Å². The van der Waals surface area contributed by atoms with Crippen LogP contribution in [-0.4, -0.2) is 47.0 Å². The van der Waals surface area contributed by atoms with E-state index in [1.165, 1.54) is 5.56 Å². The maximum atomic E-state index is 12.6. The molecule has 2 aromatic rings. The van der Waals surface area contributed by atoms with Gasteiger partial charge in [0.15, 0.2) is 0 Å². The second-order valence-electron chi connectivity index (χ2n) is 6.88. The molecule has 2 aromatic heterocycles. The van der Waals surface area contributed by atoms with Crippen molar-refractivity contribution >= 4 is 5.91 Å². The maximum absolute atomic E-state index is 12.6. The first kappa shape index (κ1) is 16.0. The van der Waals surface area contributed by atoms with E-state index in [1.54, 1.807) is 18.6 Å². The number of hydrogen-bond donors (Lipinski definition) is 1. The Balaban J connectivity index is 1.42. The Hall–Kier alpha value is -2.47. The number of aromatic nitrogens is 2. The van der Waals surface area contributed by atoms with Gasteiger partial charge in [-0.15, -0.1) is 0 Å². The fourth-order valence-corrected chi connectivity index (χ4v) is 3.94. The van der Waals surface area contributed by atoms with Crippen LogP contribution in [0.15, 0.2) is 49.1 Å². The molecule has 0 aliphatic carbocycles. The summed E-state index contributed by atoms with van der Waals surface area (Å²) in [4.78, 5) is 23.2. The molecule has 0 aromatic carbocycles. The Labute approximate surface area is 147 Å². The Morgan fingerprint density at radius 3 is 2.84 bits per heavy atom. The van der Waals surface area contributed by atoms with Gasteiger partial charge < -0.3 is 10.1 Å². The Bertz CT molecular complexity index is 725. The van der Waals surface area contributed by atoms with Crippen LogP contribution in [0.5, 0.6) is 5.75 Å². The molecule has 130 valence electrons. The summed E-state index contributed by atoms with van der Waals surface area (Å²) in [6, 6.07) is 7.78. The van der Waals surface area contributed by atoms with Crippen molar-refractivity contribution in [2.75, 3.05) is 26.2 Å². The summed E-state index contributed by atoms with van der Waals surface area (Å²) in [5.74, 6) is 1.10. The topological polar surface area (TPSA) is 67.3 Å². The lowest BCUT2D eigenvalue weighted by molar-refractivity contribution is -0.128. The number of carbonyl (C=O) groups excluding carboxylic acids is 1. The van der Waals surface area contributed by atoms with Crippen LogP contribution < -0.4 is 10.1 Å². The highest BCUT2D eigenvalue weighted by Crippen LogP contribution is 2.42. The van der Waals surface area contributed by atoms with Crippen LogP contribution in [0, 0.1) is 11.3 Å². The molecule has 1 N–H and O–H groups in total. The maximum Gasteiger partial charge on any atom is 0.228 e. The first-order valence-corrected chi connectivity index (χ1v) is 8.69. The highest BCUT2D eigenvalue weighted by molar-refractivity contribution is 5.86. The summed E-state index contributed by atoms with van der Waals surface area (Å²) < 4.78 is 5.90. The van der Waals surface area contributed by atoms with Crippen molar-refractivity contribution in [1.29, 1.82) is 0 Å². The van der Waals surface area contributed by atoms with Gasteiger partial charge >= 0.3 is 0 Å². The fraction of sp³-hybridized carbons (Fsp3) is 0.421. The third-order valence-corrected chi connectivity index (χ3v) is 5.34. The highest BCUT2D eigenvalue weighted by Gasteiger charge is 2.54. The smallest absolute Gasteiger partial charge is 0.228 e. The number of nitrogens with zero attached hydrogens (tertiary/aromatic N) is 3. The lowest BCUT2D eigenvalue weighted by Gasteiger charge is -2.28. The molecule has 4 heterocycles.